The number of rotatable bonds is 4. The van der Waals surface area contributed by atoms with Gasteiger partial charge in [0, 0.05) is 12.2 Å². The van der Waals surface area contributed by atoms with E-state index >= 15 is 0 Å². The van der Waals surface area contributed by atoms with Gasteiger partial charge in [0.15, 0.2) is 12.3 Å². The average Bonchev–Trinajstić information content (AvgIpc) is 3.22. The third-order valence-corrected chi connectivity index (χ3v) is 5.07. The Morgan fingerprint density at radius 3 is 2.76 bits per heavy atom. The van der Waals surface area contributed by atoms with Gasteiger partial charge in [-0.1, -0.05) is 36.4 Å². The van der Waals surface area contributed by atoms with Gasteiger partial charge in [0.1, 0.15) is 11.7 Å². The molecule has 2 aromatic carbocycles. The Kier molecular flexibility index (Phi) is 4.40. The zero-order valence-electron chi connectivity index (χ0n) is 15.7. The van der Waals surface area contributed by atoms with Crippen LogP contribution in [0.25, 0.3) is 16.7 Å². The van der Waals surface area contributed by atoms with E-state index in [1.807, 2.05) is 48.5 Å². The van der Waals surface area contributed by atoms with Crippen LogP contribution in [0.5, 0.6) is 5.88 Å². The second kappa shape index (κ2) is 7.35. The topological polar surface area (TPSA) is 73.1 Å². The summed E-state index contributed by atoms with van der Waals surface area (Å²) >= 11 is 0. The van der Waals surface area contributed by atoms with Gasteiger partial charge < -0.3 is 9.64 Å². The Morgan fingerprint density at radius 2 is 1.86 bits per heavy atom. The van der Waals surface area contributed by atoms with Crippen molar-refractivity contribution < 1.29 is 9.53 Å². The van der Waals surface area contributed by atoms with Gasteiger partial charge >= 0.3 is 0 Å². The van der Waals surface area contributed by atoms with Crippen LogP contribution in [0.4, 0.5) is 5.69 Å². The standard InChI is InChI=1S/C22H19N5O2/c28-20(26-12-6-8-16-7-4-5-11-19(16)26)14-29-22-18-13-25-27(21(18)23-15-24-22)17-9-2-1-3-10-17/h1-5,7,9-11,13,15H,6,8,12,14H2. The lowest BCUT2D eigenvalue weighted by Crippen LogP contribution is -2.38. The summed E-state index contributed by atoms with van der Waals surface area (Å²) in [5.74, 6) is 0.273. The Labute approximate surface area is 167 Å². The number of fused-ring (bicyclic) bond motifs is 2. The van der Waals surface area contributed by atoms with Crippen LogP contribution in [0.1, 0.15) is 12.0 Å². The van der Waals surface area contributed by atoms with E-state index in [2.05, 4.69) is 21.1 Å². The lowest BCUT2D eigenvalue weighted by molar-refractivity contribution is -0.120. The minimum absolute atomic E-state index is 0.0839. The summed E-state index contributed by atoms with van der Waals surface area (Å²) in [6.07, 6.45) is 5.04. The first kappa shape index (κ1) is 17.4. The number of hydrogen-bond acceptors (Lipinski definition) is 5. The van der Waals surface area contributed by atoms with E-state index in [1.54, 1.807) is 15.8 Å². The number of aromatic nitrogens is 4. The largest absolute Gasteiger partial charge is 0.467 e. The second-order valence-corrected chi connectivity index (χ2v) is 6.87. The highest BCUT2D eigenvalue weighted by Gasteiger charge is 2.23. The molecule has 0 saturated carbocycles. The Balaban J connectivity index is 1.38. The SMILES string of the molecule is O=C(COc1ncnc2c1cnn2-c1ccccc1)N1CCCc2ccccc21. The number of carbonyl (C=O) groups is 1. The molecular weight excluding hydrogens is 366 g/mol. The maximum Gasteiger partial charge on any atom is 0.264 e. The van der Waals surface area contributed by atoms with E-state index in [0.29, 0.717) is 23.5 Å². The minimum atomic E-state index is -0.0863. The van der Waals surface area contributed by atoms with Gasteiger partial charge in [-0.05, 0) is 36.6 Å². The fourth-order valence-corrected chi connectivity index (χ4v) is 3.70. The highest BCUT2D eigenvalue weighted by Crippen LogP contribution is 2.27. The molecule has 29 heavy (non-hydrogen) atoms. The predicted molar refractivity (Wildman–Crippen MR) is 109 cm³/mol. The van der Waals surface area contributed by atoms with Crippen molar-refractivity contribution in [3.63, 3.8) is 0 Å². The maximum absolute atomic E-state index is 12.8. The number of aryl methyl sites for hydroxylation is 1. The zero-order valence-corrected chi connectivity index (χ0v) is 15.7. The molecule has 0 fully saturated rings. The molecular formula is C22H19N5O2. The first-order valence-electron chi connectivity index (χ1n) is 9.56. The minimum Gasteiger partial charge on any atom is -0.467 e. The smallest absolute Gasteiger partial charge is 0.264 e. The molecule has 1 amide bonds. The van der Waals surface area contributed by atoms with Crippen molar-refractivity contribution >= 4 is 22.6 Å². The first-order valence-corrected chi connectivity index (χ1v) is 9.56. The highest BCUT2D eigenvalue weighted by atomic mass is 16.5. The van der Waals surface area contributed by atoms with Crippen LogP contribution in [-0.2, 0) is 11.2 Å². The molecule has 7 nitrogen and oxygen atoms in total. The van der Waals surface area contributed by atoms with E-state index < -0.39 is 0 Å². The molecule has 2 aromatic heterocycles. The van der Waals surface area contributed by atoms with Crippen LogP contribution in [0.3, 0.4) is 0 Å². The molecule has 1 aliphatic rings. The van der Waals surface area contributed by atoms with Gasteiger partial charge in [-0.3, -0.25) is 4.79 Å². The summed E-state index contributed by atoms with van der Waals surface area (Å²) in [5.41, 5.74) is 3.70. The number of carbonyl (C=O) groups excluding carboxylic acids is 1. The third-order valence-electron chi connectivity index (χ3n) is 5.07. The fourth-order valence-electron chi connectivity index (χ4n) is 3.70. The zero-order chi connectivity index (χ0) is 19.6. The molecule has 0 radical (unpaired) electrons. The summed E-state index contributed by atoms with van der Waals surface area (Å²) in [5, 5.41) is 5.08. The van der Waals surface area contributed by atoms with Gasteiger partial charge in [0.25, 0.3) is 5.91 Å². The summed E-state index contributed by atoms with van der Waals surface area (Å²) in [7, 11) is 0. The molecule has 144 valence electrons. The molecule has 0 unspecified atom stereocenters. The van der Waals surface area contributed by atoms with E-state index in [9.17, 15) is 4.79 Å². The van der Waals surface area contributed by atoms with Crippen molar-refractivity contribution in [1.82, 2.24) is 19.7 Å². The lowest BCUT2D eigenvalue weighted by atomic mass is 10.0. The lowest BCUT2D eigenvalue weighted by Gasteiger charge is -2.29. The second-order valence-electron chi connectivity index (χ2n) is 6.87. The number of anilines is 1. The summed E-state index contributed by atoms with van der Waals surface area (Å²) < 4.78 is 7.53. The van der Waals surface area contributed by atoms with Crippen LogP contribution in [0.15, 0.2) is 67.1 Å². The fraction of sp³-hybridized carbons (Fsp3) is 0.182. The Hall–Kier alpha value is -3.74. The average molecular weight is 385 g/mol. The number of ether oxygens (including phenoxy) is 1. The van der Waals surface area contributed by atoms with Crippen LogP contribution < -0.4 is 9.64 Å². The van der Waals surface area contributed by atoms with Gasteiger partial charge in [-0.2, -0.15) is 5.10 Å². The van der Waals surface area contributed by atoms with Crippen molar-refractivity contribution in [1.29, 1.82) is 0 Å². The third kappa shape index (κ3) is 3.20. The van der Waals surface area contributed by atoms with Gasteiger partial charge in [0.2, 0.25) is 5.88 Å². The summed E-state index contributed by atoms with van der Waals surface area (Å²) in [4.78, 5) is 23.2. The van der Waals surface area contributed by atoms with Crippen LogP contribution in [0.2, 0.25) is 0 Å². The molecule has 4 aromatic rings. The van der Waals surface area contributed by atoms with E-state index in [1.165, 1.54) is 11.9 Å². The van der Waals surface area contributed by atoms with Crippen LogP contribution in [0, 0.1) is 0 Å². The Bertz CT molecular complexity index is 1170. The molecule has 5 rings (SSSR count). The number of para-hydroxylation sites is 2. The van der Waals surface area contributed by atoms with E-state index in [4.69, 9.17) is 4.74 Å². The van der Waals surface area contributed by atoms with Crippen molar-refractivity contribution in [3.8, 4) is 11.6 Å². The van der Waals surface area contributed by atoms with Gasteiger partial charge in [-0.25, -0.2) is 14.6 Å². The number of hydrogen-bond donors (Lipinski definition) is 0. The normalized spacial score (nSPS) is 13.3. The van der Waals surface area contributed by atoms with Crippen molar-refractivity contribution in [2.75, 3.05) is 18.1 Å². The number of nitrogens with zero attached hydrogens (tertiary/aromatic N) is 5. The summed E-state index contributed by atoms with van der Waals surface area (Å²) in [6, 6.07) is 17.7. The summed E-state index contributed by atoms with van der Waals surface area (Å²) in [6.45, 7) is 0.612. The predicted octanol–water partition coefficient (Wildman–Crippen LogP) is 3.17. The van der Waals surface area contributed by atoms with Crippen LogP contribution >= 0.6 is 0 Å². The number of benzene rings is 2. The van der Waals surface area contributed by atoms with E-state index in [0.717, 1.165) is 24.2 Å². The number of amides is 1. The van der Waals surface area contributed by atoms with Crippen molar-refractivity contribution in [2.24, 2.45) is 0 Å². The van der Waals surface area contributed by atoms with Crippen LogP contribution in [-0.4, -0.2) is 38.8 Å². The van der Waals surface area contributed by atoms with Crippen molar-refractivity contribution in [2.45, 2.75) is 12.8 Å². The molecule has 0 aliphatic carbocycles. The molecule has 0 spiro atoms. The molecule has 0 N–H and O–H groups in total. The molecule has 7 heteroatoms. The highest BCUT2D eigenvalue weighted by molar-refractivity contribution is 5.95. The molecule has 0 saturated heterocycles. The molecule has 1 aliphatic heterocycles. The van der Waals surface area contributed by atoms with Gasteiger partial charge in [0.05, 0.1) is 11.9 Å². The van der Waals surface area contributed by atoms with E-state index in [-0.39, 0.29) is 12.5 Å². The maximum atomic E-state index is 12.8. The molecule has 3 heterocycles. The van der Waals surface area contributed by atoms with Gasteiger partial charge in [-0.15, -0.1) is 0 Å². The first-order chi connectivity index (χ1) is 14.3. The molecule has 0 bridgehead atoms. The monoisotopic (exact) mass is 385 g/mol. The molecule has 0 atom stereocenters. The Morgan fingerprint density at radius 1 is 1.03 bits per heavy atom. The quantitative estimate of drug-likeness (QED) is 0.539. The van der Waals surface area contributed by atoms with Crippen molar-refractivity contribution in [3.05, 3.63) is 72.7 Å².